The predicted molar refractivity (Wildman–Crippen MR) is 78.9 cm³/mol. The summed E-state index contributed by atoms with van der Waals surface area (Å²) in [7, 11) is 1.85. The van der Waals surface area contributed by atoms with Crippen LogP contribution in [0.1, 0.15) is 19.3 Å². The quantitative estimate of drug-likeness (QED) is 0.856. The lowest BCUT2D eigenvalue weighted by Crippen LogP contribution is -2.35. The number of ether oxygens (including phenoxy) is 1. The van der Waals surface area contributed by atoms with Crippen LogP contribution in [0.15, 0.2) is 0 Å². The maximum absolute atomic E-state index is 5.43. The molecule has 3 aliphatic rings. The fourth-order valence-corrected chi connectivity index (χ4v) is 3.63. The monoisotopic (exact) mass is 296 g/mol. The summed E-state index contributed by atoms with van der Waals surface area (Å²) in [5.41, 5.74) is 0.533. The summed E-state index contributed by atoms with van der Waals surface area (Å²) < 4.78 is 5.43. The van der Waals surface area contributed by atoms with Crippen LogP contribution in [0.25, 0.3) is 0 Å². The van der Waals surface area contributed by atoms with Gasteiger partial charge in [-0.25, -0.2) is 0 Å². The predicted octanol–water partition coefficient (Wildman–Crippen LogP) is 1.80. The molecule has 18 heavy (non-hydrogen) atoms. The summed E-state index contributed by atoms with van der Waals surface area (Å²) in [4.78, 5) is 2.70. The van der Waals surface area contributed by atoms with Gasteiger partial charge in [-0.15, -0.1) is 24.8 Å². The summed E-state index contributed by atoms with van der Waals surface area (Å²) in [6.07, 6.45) is 4.29. The molecule has 3 rings (SSSR count). The van der Waals surface area contributed by atoms with Crippen LogP contribution in [0.3, 0.4) is 0 Å². The summed E-state index contributed by atoms with van der Waals surface area (Å²) >= 11 is 0. The molecule has 0 amide bonds. The molecule has 2 aliphatic heterocycles. The molecule has 1 spiro atoms. The van der Waals surface area contributed by atoms with Crippen LogP contribution in [0.5, 0.6) is 0 Å². The maximum Gasteiger partial charge on any atom is 0.0509 e. The number of nitrogens with zero attached hydrogens (tertiary/aromatic N) is 1. The van der Waals surface area contributed by atoms with Crippen LogP contribution in [0.4, 0.5) is 0 Å². The number of halogens is 2. The Labute approximate surface area is 123 Å². The molecule has 2 saturated heterocycles. The van der Waals surface area contributed by atoms with Gasteiger partial charge in [0, 0.05) is 44.6 Å². The molecule has 2 atom stereocenters. The first kappa shape index (κ1) is 16.5. The van der Waals surface area contributed by atoms with E-state index in [9.17, 15) is 0 Å². The topological polar surface area (TPSA) is 24.5 Å². The third kappa shape index (κ3) is 3.31. The van der Waals surface area contributed by atoms with Gasteiger partial charge in [0.15, 0.2) is 0 Å². The number of hydrogen-bond donors (Lipinski definition) is 1. The molecule has 108 valence electrons. The molecule has 3 fully saturated rings. The smallest absolute Gasteiger partial charge is 0.0509 e. The summed E-state index contributed by atoms with van der Waals surface area (Å²) in [6, 6.07) is 0. The molecular weight excluding hydrogens is 271 g/mol. The van der Waals surface area contributed by atoms with Crippen molar-refractivity contribution in [2.45, 2.75) is 19.3 Å². The highest BCUT2D eigenvalue weighted by molar-refractivity contribution is 5.85. The molecule has 0 aromatic rings. The van der Waals surface area contributed by atoms with Gasteiger partial charge in [0.1, 0.15) is 0 Å². The number of methoxy groups -OCH3 is 1. The Morgan fingerprint density at radius 2 is 2.11 bits per heavy atom. The van der Waals surface area contributed by atoms with Crippen LogP contribution in [0.2, 0.25) is 0 Å². The van der Waals surface area contributed by atoms with Crippen LogP contribution in [-0.4, -0.2) is 51.3 Å². The molecule has 1 aliphatic carbocycles. The third-order valence-electron chi connectivity index (χ3n) is 4.74. The van der Waals surface area contributed by atoms with Crippen LogP contribution >= 0.6 is 24.8 Å². The van der Waals surface area contributed by atoms with E-state index in [0.29, 0.717) is 5.41 Å². The van der Waals surface area contributed by atoms with E-state index >= 15 is 0 Å². The van der Waals surface area contributed by atoms with Crippen molar-refractivity contribution in [2.24, 2.45) is 17.3 Å². The molecule has 0 aromatic carbocycles. The van der Waals surface area contributed by atoms with E-state index in [-0.39, 0.29) is 24.8 Å². The van der Waals surface area contributed by atoms with Crippen LogP contribution in [-0.2, 0) is 4.74 Å². The molecule has 0 aromatic heterocycles. The molecular formula is C13H26Cl2N2O. The van der Waals surface area contributed by atoms with Crippen molar-refractivity contribution in [1.29, 1.82) is 0 Å². The SMILES string of the molecule is COC[C@@H]1CN(CC2CC2)C[C@@]12CCNC2.Cl.Cl. The van der Waals surface area contributed by atoms with Gasteiger partial charge < -0.3 is 15.0 Å². The highest BCUT2D eigenvalue weighted by Crippen LogP contribution is 2.42. The van der Waals surface area contributed by atoms with Crippen molar-refractivity contribution >= 4 is 24.8 Å². The van der Waals surface area contributed by atoms with Crippen molar-refractivity contribution in [3.63, 3.8) is 0 Å². The number of rotatable bonds is 4. The minimum absolute atomic E-state index is 0. The average molecular weight is 297 g/mol. The Hall–Kier alpha value is 0.460. The molecule has 0 unspecified atom stereocenters. The molecule has 1 saturated carbocycles. The van der Waals surface area contributed by atoms with Gasteiger partial charge in [-0.3, -0.25) is 0 Å². The van der Waals surface area contributed by atoms with E-state index in [4.69, 9.17) is 4.74 Å². The van der Waals surface area contributed by atoms with Gasteiger partial charge in [-0.05, 0) is 31.7 Å². The highest BCUT2D eigenvalue weighted by Gasteiger charge is 2.48. The number of hydrogen-bond acceptors (Lipinski definition) is 3. The Balaban J connectivity index is 0.000000810. The van der Waals surface area contributed by atoms with E-state index in [1.807, 2.05) is 7.11 Å². The first-order valence-electron chi connectivity index (χ1n) is 6.74. The summed E-state index contributed by atoms with van der Waals surface area (Å²) in [6.45, 7) is 7.29. The van der Waals surface area contributed by atoms with Crippen LogP contribution < -0.4 is 5.32 Å². The number of likely N-dealkylation sites (tertiary alicyclic amines) is 1. The Kier molecular flexibility index (Phi) is 6.20. The first-order valence-corrected chi connectivity index (χ1v) is 6.74. The van der Waals surface area contributed by atoms with Gasteiger partial charge in [0.25, 0.3) is 0 Å². The molecule has 0 radical (unpaired) electrons. The van der Waals surface area contributed by atoms with E-state index in [2.05, 4.69) is 10.2 Å². The average Bonchev–Trinajstić information content (AvgIpc) is 2.85. The minimum Gasteiger partial charge on any atom is -0.384 e. The van der Waals surface area contributed by atoms with Gasteiger partial charge in [-0.1, -0.05) is 0 Å². The normalized spacial score (nSPS) is 35.5. The van der Waals surface area contributed by atoms with Crippen molar-refractivity contribution in [1.82, 2.24) is 10.2 Å². The lowest BCUT2D eigenvalue weighted by molar-refractivity contribution is 0.103. The summed E-state index contributed by atoms with van der Waals surface area (Å²) in [5, 5.41) is 3.55. The van der Waals surface area contributed by atoms with E-state index in [1.54, 1.807) is 0 Å². The maximum atomic E-state index is 5.43. The zero-order chi connectivity index (χ0) is 11.0. The van der Waals surface area contributed by atoms with E-state index < -0.39 is 0 Å². The highest BCUT2D eigenvalue weighted by atomic mass is 35.5. The second kappa shape index (κ2) is 6.76. The van der Waals surface area contributed by atoms with Crippen molar-refractivity contribution in [3.05, 3.63) is 0 Å². The van der Waals surface area contributed by atoms with E-state index in [0.717, 1.165) is 18.4 Å². The lowest BCUT2D eigenvalue weighted by Gasteiger charge is -2.28. The third-order valence-corrected chi connectivity index (χ3v) is 4.74. The second-order valence-electron chi connectivity index (χ2n) is 6.08. The van der Waals surface area contributed by atoms with Gasteiger partial charge >= 0.3 is 0 Å². The molecule has 2 heterocycles. The largest absolute Gasteiger partial charge is 0.384 e. The van der Waals surface area contributed by atoms with Crippen molar-refractivity contribution in [2.75, 3.05) is 46.4 Å². The van der Waals surface area contributed by atoms with Crippen molar-refractivity contribution < 1.29 is 4.74 Å². The van der Waals surface area contributed by atoms with Gasteiger partial charge in [-0.2, -0.15) is 0 Å². The zero-order valence-electron chi connectivity index (χ0n) is 11.2. The Morgan fingerprint density at radius 3 is 2.67 bits per heavy atom. The summed E-state index contributed by atoms with van der Waals surface area (Å²) in [5.74, 6) is 1.78. The van der Waals surface area contributed by atoms with Crippen molar-refractivity contribution in [3.8, 4) is 0 Å². The molecule has 0 bridgehead atoms. The minimum atomic E-state index is 0. The standard InChI is InChI=1S/C13H24N2O.2ClH/c1-16-8-12-7-15(6-11-2-3-11)10-13(12)4-5-14-9-13;;/h11-12,14H,2-10H2,1H3;2*1H/t12-,13-;;/m0../s1. The van der Waals surface area contributed by atoms with Gasteiger partial charge in [0.2, 0.25) is 0 Å². The second-order valence-corrected chi connectivity index (χ2v) is 6.08. The first-order chi connectivity index (χ1) is 7.82. The molecule has 5 heteroatoms. The molecule has 3 nitrogen and oxygen atoms in total. The zero-order valence-corrected chi connectivity index (χ0v) is 12.8. The van der Waals surface area contributed by atoms with E-state index in [1.165, 1.54) is 52.0 Å². The Morgan fingerprint density at radius 1 is 1.33 bits per heavy atom. The molecule has 1 N–H and O–H groups in total. The fraction of sp³-hybridized carbons (Fsp3) is 1.00. The fourth-order valence-electron chi connectivity index (χ4n) is 3.63. The van der Waals surface area contributed by atoms with Crippen LogP contribution in [0, 0.1) is 17.3 Å². The lowest BCUT2D eigenvalue weighted by atomic mass is 9.78. The number of nitrogens with one attached hydrogen (secondary N) is 1. The van der Waals surface area contributed by atoms with Gasteiger partial charge in [0.05, 0.1) is 6.61 Å². The Bertz CT molecular complexity index is 255.